The van der Waals surface area contributed by atoms with Gasteiger partial charge in [0.15, 0.2) is 5.75 Å². The Bertz CT molecular complexity index is 628. The number of nitrogens with one attached hydrogen (secondary N) is 1. The second-order valence-electron chi connectivity index (χ2n) is 3.67. The number of carboxylic acids is 1. The van der Waals surface area contributed by atoms with Gasteiger partial charge < -0.3 is 9.84 Å². The van der Waals surface area contributed by atoms with E-state index in [0.717, 1.165) is 18.2 Å². The molecule has 0 bridgehead atoms. The molecule has 0 radical (unpaired) electrons. The van der Waals surface area contributed by atoms with E-state index < -0.39 is 39.1 Å². The van der Waals surface area contributed by atoms with E-state index in [4.69, 9.17) is 5.11 Å². The number of rotatable bonds is 6. The van der Waals surface area contributed by atoms with E-state index >= 15 is 0 Å². The van der Waals surface area contributed by atoms with Crippen LogP contribution in [0.25, 0.3) is 0 Å². The molecule has 0 aliphatic heterocycles. The average molecular weight is 305 g/mol. The molecule has 1 aromatic carbocycles. The molecule has 0 atom stereocenters. The maximum absolute atomic E-state index is 13.1. The van der Waals surface area contributed by atoms with Crippen molar-refractivity contribution in [2.24, 2.45) is 0 Å². The van der Waals surface area contributed by atoms with Crippen LogP contribution in [0.5, 0.6) is 0 Å². The van der Waals surface area contributed by atoms with Gasteiger partial charge in [-0.25, -0.2) is 17.6 Å². The minimum Gasteiger partial charge on any atom is -0.478 e. The largest absolute Gasteiger partial charge is 0.478 e. The van der Waals surface area contributed by atoms with Gasteiger partial charge in [0.05, 0.1) is 12.2 Å². The third-order valence-electron chi connectivity index (χ3n) is 2.08. The van der Waals surface area contributed by atoms with Gasteiger partial charge in [0.1, 0.15) is 5.82 Å². The molecule has 110 valence electrons. The van der Waals surface area contributed by atoms with Crippen LogP contribution in [0.1, 0.15) is 17.3 Å². The van der Waals surface area contributed by atoms with Crippen molar-refractivity contribution >= 4 is 27.6 Å². The highest BCUT2D eigenvalue weighted by atomic mass is 32.2. The van der Waals surface area contributed by atoms with Crippen LogP contribution in [-0.2, 0) is 19.6 Å². The van der Waals surface area contributed by atoms with Crippen LogP contribution >= 0.6 is 0 Å². The molecule has 7 nitrogen and oxygen atoms in total. The lowest BCUT2D eigenvalue weighted by atomic mass is 10.2. The van der Waals surface area contributed by atoms with E-state index in [9.17, 15) is 22.4 Å². The molecule has 0 saturated carbocycles. The van der Waals surface area contributed by atoms with Crippen molar-refractivity contribution in [2.45, 2.75) is 6.92 Å². The number of ether oxygens (including phenoxy) is 1. The van der Waals surface area contributed by atoms with Crippen molar-refractivity contribution < 1.29 is 32.2 Å². The minimum atomic E-state index is -4.05. The molecule has 20 heavy (non-hydrogen) atoms. The Kier molecular flexibility index (Phi) is 5.03. The quantitative estimate of drug-likeness (QED) is 0.753. The number of anilines is 1. The fourth-order valence-electron chi connectivity index (χ4n) is 1.33. The van der Waals surface area contributed by atoms with E-state index in [1.165, 1.54) is 6.92 Å². The number of halogens is 1. The maximum Gasteiger partial charge on any atom is 0.338 e. The van der Waals surface area contributed by atoms with E-state index in [2.05, 4.69) is 4.74 Å². The first kappa shape index (κ1) is 15.9. The summed E-state index contributed by atoms with van der Waals surface area (Å²) in [5.41, 5.74) is -0.838. The molecule has 0 saturated heterocycles. The lowest BCUT2D eigenvalue weighted by Crippen LogP contribution is -2.24. The number of sulfonamides is 1. The summed E-state index contributed by atoms with van der Waals surface area (Å²) < 4.78 is 42.8. The molecule has 0 spiro atoms. The van der Waals surface area contributed by atoms with Gasteiger partial charge in [-0.2, -0.15) is 0 Å². The topological polar surface area (TPSA) is 110 Å². The van der Waals surface area contributed by atoms with Gasteiger partial charge in [0, 0.05) is 5.69 Å². The molecular weight excluding hydrogens is 293 g/mol. The first-order valence-corrected chi connectivity index (χ1v) is 7.09. The zero-order valence-electron chi connectivity index (χ0n) is 10.4. The van der Waals surface area contributed by atoms with Gasteiger partial charge in [-0.1, -0.05) is 0 Å². The Morgan fingerprint density at radius 3 is 2.60 bits per heavy atom. The Labute approximate surface area is 114 Å². The average Bonchev–Trinajstić information content (AvgIpc) is 2.30. The third kappa shape index (κ3) is 4.50. The molecule has 0 fully saturated rings. The van der Waals surface area contributed by atoms with Crippen LogP contribution < -0.4 is 4.72 Å². The van der Waals surface area contributed by atoms with E-state index in [-0.39, 0.29) is 12.3 Å². The molecule has 1 aromatic rings. The second-order valence-corrected chi connectivity index (χ2v) is 5.39. The Balaban J connectivity index is 2.90. The fourth-order valence-corrected chi connectivity index (χ4v) is 2.28. The summed E-state index contributed by atoms with van der Waals surface area (Å²) >= 11 is 0. The van der Waals surface area contributed by atoms with Crippen LogP contribution in [0, 0.1) is 5.82 Å². The number of benzene rings is 1. The fraction of sp³-hybridized carbons (Fsp3) is 0.273. The molecule has 0 aromatic heterocycles. The van der Waals surface area contributed by atoms with Gasteiger partial charge in [0.25, 0.3) is 0 Å². The normalized spacial score (nSPS) is 10.9. The number of aromatic carboxylic acids is 1. The number of hydrogen-bond donors (Lipinski definition) is 2. The van der Waals surface area contributed by atoms with Crippen LogP contribution in [0.3, 0.4) is 0 Å². The summed E-state index contributed by atoms with van der Waals surface area (Å²) in [5.74, 6) is -4.39. The summed E-state index contributed by atoms with van der Waals surface area (Å²) in [6, 6.07) is 2.68. The van der Waals surface area contributed by atoms with E-state index in [1.807, 2.05) is 4.72 Å². The Morgan fingerprint density at radius 1 is 1.40 bits per heavy atom. The van der Waals surface area contributed by atoms with Gasteiger partial charge in [-0.15, -0.1) is 0 Å². The zero-order valence-corrected chi connectivity index (χ0v) is 11.2. The lowest BCUT2D eigenvalue weighted by molar-refractivity contribution is -0.139. The smallest absolute Gasteiger partial charge is 0.338 e. The summed E-state index contributed by atoms with van der Waals surface area (Å²) in [4.78, 5) is 21.8. The number of carbonyl (C=O) groups is 2. The summed E-state index contributed by atoms with van der Waals surface area (Å²) in [6.45, 7) is 1.56. The van der Waals surface area contributed by atoms with Crippen molar-refractivity contribution in [1.82, 2.24) is 0 Å². The van der Waals surface area contributed by atoms with Crippen molar-refractivity contribution in [3.63, 3.8) is 0 Å². The first-order chi connectivity index (χ1) is 9.25. The molecule has 0 unspecified atom stereocenters. The standard InChI is InChI=1S/C11H12FNO6S/c1-2-19-10(14)6-20(17,18)13-7-3-4-9(12)8(5-7)11(15)16/h3-5,13H,2,6H2,1H3,(H,15,16). The summed E-state index contributed by atoms with van der Waals surface area (Å²) in [5, 5.41) is 8.71. The highest BCUT2D eigenvalue weighted by molar-refractivity contribution is 7.93. The van der Waals surface area contributed by atoms with Gasteiger partial charge in [-0.3, -0.25) is 9.52 Å². The highest BCUT2D eigenvalue weighted by Gasteiger charge is 2.19. The molecule has 0 amide bonds. The van der Waals surface area contributed by atoms with E-state index in [0.29, 0.717) is 0 Å². The Hall–Kier alpha value is -2.16. The molecule has 0 aliphatic carbocycles. The zero-order chi connectivity index (χ0) is 15.3. The summed E-state index contributed by atoms with van der Waals surface area (Å²) in [7, 11) is -4.05. The number of esters is 1. The number of hydrogen-bond acceptors (Lipinski definition) is 5. The molecule has 0 heterocycles. The molecule has 0 aliphatic rings. The van der Waals surface area contributed by atoms with Crippen molar-refractivity contribution in [3.05, 3.63) is 29.6 Å². The third-order valence-corrected chi connectivity index (χ3v) is 3.25. The van der Waals surface area contributed by atoms with Crippen LogP contribution in [-0.4, -0.2) is 37.8 Å². The number of carboxylic acid groups (broad SMARTS) is 1. The Morgan fingerprint density at radius 2 is 2.05 bits per heavy atom. The first-order valence-electron chi connectivity index (χ1n) is 5.44. The van der Waals surface area contributed by atoms with Crippen LogP contribution in [0.2, 0.25) is 0 Å². The predicted octanol–water partition coefficient (Wildman–Crippen LogP) is 0.829. The molecule has 1 rings (SSSR count). The van der Waals surface area contributed by atoms with Gasteiger partial charge in [0.2, 0.25) is 10.0 Å². The highest BCUT2D eigenvalue weighted by Crippen LogP contribution is 2.16. The SMILES string of the molecule is CCOC(=O)CS(=O)(=O)Nc1ccc(F)c(C(=O)O)c1. The van der Waals surface area contributed by atoms with Crippen molar-refractivity contribution in [1.29, 1.82) is 0 Å². The minimum absolute atomic E-state index is 0.0358. The van der Waals surface area contributed by atoms with Crippen molar-refractivity contribution in [2.75, 3.05) is 17.1 Å². The summed E-state index contributed by atoms with van der Waals surface area (Å²) in [6.07, 6.45) is 0. The monoisotopic (exact) mass is 305 g/mol. The molecule has 9 heteroatoms. The van der Waals surface area contributed by atoms with Gasteiger partial charge >= 0.3 is 11.9 Å². The number of carbonyl (C=O) groups excluding carboxylic acids is 1. The van der Waals surface area contributed by atoms with Gasteiger partial charge in [-0.05, 0) is 25.1 Å². The van der Waals surface area contributed by atoms with Crippen molar-refractivity contribution in [3.8, 4) is 0 Å². The maximum atomic E-state index is 13.1. The van der Waals surface area contributed by atoms with Crippen LogP contribution in [0.15, 0.2) is 18.2 Å². The predicted molar refractivity (Wildman–Crippen MR) is 67.4 cm³/mol. The van der Waals surface area contributed by atoms with E-state index in [1.54, 1.807) is 0 Å². The molecule has 2 N–H and O–H groups in total. The second kappa shape index (κ2) is 6.33. The van der Waals surface area contributed by atoms with Crippen LogP contribution in [0.4, 0.5) is 10.1 Å². The lowest BCUT2D eigenvalue weighted by Gasteiger charge is -2.08. The molecular formula is C11H12FNO6S.